The Bertz CT molecular complexity index is 907. The summed E-state index contributed by atoms with van der Waals surface area (Å²) in [5, 5.41) is 5.46. The molecule has 5 nitrogen and oxygen atoms in total. The number of benzene rings is 2. The van der Waals surface area contributed by atoms with Crippen molar-refractivity contribution in [3.8, 4) is 0 Å². The summed E-state index contributed by atoms with van der Waals surface area (Å²) in [4.78, 5) is 16.8. The van der Waals surface area contributed by atoms with Crippen LogP contribution in [0.3, 0.4) is 0 Å². The molecular weight excluding hydrogens is 388 g/mol. The number of nitrogens with two attached hydrogens (primary N) is 2. The van der Waals surface area contributed by atoms with E-state index in [0.717, 1.165) is 35.0 Å². The molecule has 1 heterocycles. The van der Waals surface area contributed by atoms with Gasteiger partial charge in [0.05, 0.1) is 6.04 Å². The van der Waals surface area contributed by atoms with Gasteiger partial charge in [-0.05, 0) is 60.2 Å². The minimum Gasteiger partial charge on any atom is -0.399 e. The van der Waals surface area contributed by atoms with Gasteiger partial charge in [-0.15, -0.1) is 11.3 Å². The Morgan fingerprint density at radius 3 is 2.43 bits per heavy atom. The summed E-state index contributed by atoms with van der Waals surface area (Å²) in [7, 11) is 0. The predicted molar refractivity (Wildman–Crippen MR) is 120 cm³/mol. The van der Waals surface area contributed by atoms with E-state index < -0.39 is 0 Å². The van der Waals surface area contributed by atoms with Crippen molar-refractivity contribution in [1.82, 2.24) is 4.98 Å². The van der Waals surface area contributed by atoms with Crippen LogP contribution in [0.4, 0.5) is 11.4 Å². The third kappa shape index (κ3) is 5.58. The molecule has 3 rings (SSSR count). The molecule has 0 radical (unpaired) electrons. The summed E-state index contributed by atoms with van der Waals surface area (Å²) < 4.78 is 0. The van der Waals surface area contributed by atoms with Crippen molar-refractivity contribution in [3.63, 3.8) is 0 Å². The fraction of sp³-hybridized carbons (Fsp3) is 0.238. The molecule has 7 heteroatoms. The minimum absolute atomic E-state index is 0.119. The van der Waals surface area contributed by atoms with Gasteiger partial charge in [0.1, 0.15) is 10.7 Å². The van der Waals surface area contributed by atoms with Crippen LogP contribution in [0.2, 0.25) is 0 Å². The van der Waals surface area contributed by atoms with E-state index in [-0.39, 0.29) is 11.9 Å². The van der Waals surface area contributed by atoms with Crippen molar-refractivity contribution in [3.05, 3.63) is 75.7 Å². The highest BCUT2D eigenvalue weighted by Gasteiger charge is 2.15. The van der Waals surface area contributed by atoms with E-state index in [4.69, 9.17) is 11.5 Å². The number of aromatic nitrogens is 1. The summed E-state index contributed by atoms with van der Waals surface area (Å²) in [6, 6.07) is 15.6. The van der Waals surface area contributed by atoms with Crippen LogP contribution in [0.15, 0.2) is 53.9 Å². The first-order valence-electron chi connectivity index (χ1n) is 9.00. The molecule has 1 amide bonds. The van der Waals surface area contributed by atoms with Crippen LogP contribution in [0, 0.1) is 0 Å². The SMILES string of the molecule is CSCCC(N)c1nc(C(=O)Nc2ccc(Cc3ccc(N)cc3)cc2)cs1. The first-order chi connectivity index (χ1) is 13.5. The van der Waals surface area contributed by atoms with E-state index in [2.05, 4.69) is 16.6 Å². The number of nitrogens with one attached hydrogen (secondary N) is 1. The minimum atomic E-state index is -0.217. The number of carbonyl (C=O) groups is 1. The first-order valence-corrected chi connectivity index (χ1v) is 11.3. The van der Waals surface area contributed by atoms with Crippen molar-refractivity contribution >= 4 is 40.4 Å². The molecule has 1 atom stereocenters. The molecule has 1 unspecified atom stereocenters. The number of carbonyl (C=O) groups excluding carboxylic acids is 1. The molecule has 0 aliphatic rings. The molecule has 0 fully saturated rings. The van der Waals surface area contributed by atoms with Crippen molar-refractivity contribution in [2.75, 3.05) is 23.1 Å². The lowest BCUT2D eigenvalue weighted by molar-refractivity contribution is 0.102. The maximum atomic E-state index is 12.4. The third-order valence-corrected chi connectivity index (χ3v) is 5.93. The third-order valence-electron chi connectivity index (χ3n) is 4.30. The number of hydrogen-bond acceptors (Lipinski definition) is 6. The van der Waals surface area contributed by atoms with Crippen LogP contribution >= 0.6 is 23.1 Å². The van der Waals surface area contributed by atoms with Crippen molar-refractivity contribution in [1.29, 1.82) is 0 Å². The zero-order valence-corrected chi connectivity index (χ0v) is 17.4. The second-order valence-electron chi connectivity index (χ2n) is 6.53. The lowest BCUT2D eigenvalue weighted by Crippen LogP contribution is -2.14. The summed E-state index contributed by atoms with van der Waals surface area (Å²) in [5.74, 6) is 0.760. The molecule has 146 valence electrons. The molecule has 2 aromatic carbocycles. The van der Waals surface area contributed by atoms with Gasteiger partial charge in [-0.25, -0.2) is 4.98 Å². The molecule has 0 bridgehead atoms. The van der Waals surface area contributed by atoms with E-state index in [1.807, 2.05) is 48.5 Å². The highest BCUT2D eigenvalue weighted by molar-refractivity contribution is 7.98. The van der Waals surface area contributed by atoms with E-state index >= 15 is 0 Å². The molecule has 0 saturated heterocycles. The van der Waals surface area contributed by atoms with Crippen molar-refractivity contribution in [2.45, 2.75) is 18.9 Å². The second kappa shape index (κ2) is 9.73. The zero-order chi connectivity index (χ0) is 19.9. The van der Waals surface area contributed by atoms with Gasteiger partial charge < -0.3 is 16.8 Å². The molecule has 0 aliphatic heterocycles. The van der Waals surface area contributed by atoms with Gasteiger partial charge in [0, 0.05) is 16.8 Å². The number of amides is 1. The van der Waals surface area contributed by atoms with Crippen LogP contribution in [-0.4, -0.2) is 22.9 Å². The average Bonchev–Trinajstić information content (AvgIpc) is 3.20. The predicted octanol–water partition coefficient (Wildman–Crippen LogP) is 4.32. The molecule has 0 aliphatic carbocycles. The number of nitrogens with zero attached hydrogens (tertiary/aromatic N) is 1. The molecule has 3 aromatic rings. The smallest absolute Gasteiger partial charge is 0.275 e. The number of anilines is 2. The number of thioether (sulfide) groups is 1. The van der Waals surface area contributed by atoms with Crippen LogP contribution < -0.4 is 16.8 Å². The fourth-order valence-corrected chi connectivity index (χ4v) is 4.03. The Kier molecular flexibility index (Phi) is 7.08. The Balaban J connectivity index is 1.58. The summed E-state index contributed by atoms with van der Waals surface area (Å²) in [6.07, 6.45) is 3.72. The standard InChI is InChI=1S/C21H24N4OS2/c1-27-11-10-18(23)21-25-19(13-28-21)20(26)24-17-8-4-15(5-9-17)12-14-2-6-16(22)7-3-14/h2-9,13,18H,10-12,22-23H2,1H3,(H,24,26). The maximum Gasteiger partial charge on any atom is 0.275 e. The summed E-state index contributed by atoms with van der Waals surface area (Å²) in [6.45, 7) is 0. The Hall–Kier alpha value is -2.35. The van der Waals surface area contributed by atoms with Crippen LogP contribution in [-0.2, 0) is 6.42 Å². The fourth-order valence-electron chi connectivity index (χ4n) is 2.70. The van der Waals surface area contributed by atoms with E-state index in [1.54, 1.807) is 17.1 Å². The summed E-state index contributed by atoms with van der Waals surface area (Å²) in [5.41, 5.74) is 16.1. The topological polar surface area (TPSA) is 94.0 Å². The lowest BCUT2D eigenvalue weighted by Gasteiger charge is -2.07. The quantitative estimate of drug-likeness (QED) is 0.479. The molecule has 0 saturated carbocycles. The highest BCUT2D eigenvalue weighted by atomic mass is 32.2. The second-order valence-corrected chi connectivity index (χ2v) is 8.40. The van der Waals surface area contributed by atoms with Gasteiger partial charge in [-0.2, -0.15) is 11.8 Å². The lowest BCUT2D eigenvalue weighted by atomic mass is 10.0. The monoisotopic (exact) mass is 412 g/mol. The molecule has 0 spiro atoms. The largest absolute Gasteiger partial charge is 0.399 e. The van der Waals surface area contributed by atoms with E-state index in [9.17, 15) is 4.79 Å². The van der Waals surface area contributed by atoms with Gasteiger partial charge in [0.25, 0.3) is 5.91 Å². The van der Waals surface area contributed by atoms with Gasteiger partial charge in [-0.3, -0.25) is 4.79 Å². The van der Waals surface area contributed by atoms with E-state index in [0.29, 0.717) is 5.69 Å². The highest BCUT2D eigenvalue weighted by Crippen LogP contribution is 2.21. The van der Waals surface area contributed by atoms with E-state index in [1.165, 1.54) is 22.5 Å². The van der Waals surface area contributed by atoms with Crippen molar-refractivity contribution in [2.24, 2.45) is 5.73 Å². The number of thiazole rings is 1. The Labute approximate surface area is 173 Å². The Morgan fingerprint density at radius 1 is 1.14 bits per heavy atom. The van der Waals surface area contributed by atoms with Crippen LogP contribution in [0.1, 0.15) is 39.1 Å². The van der Waals surface area contributed by atoms with Crippen LogP contribution in [0.25, 0.3) is 0 Å². The summed E-state index contributed by atoms with van der Waals surface area (Å²) >= 11 is 3.19. The normalized spacial score (nSPS) is 11.9. The zero-order valence-electron chi connectivity index (χ0n) is 15.7. The molecule has 28 heavy (non-hydrogen) atoms. The maximum absolute atomic E-state index is 12.4. The number of hydrogen-bond donors (Lipinski definition) is 3. The first kappa shape index (κ1) is 20.4. The number of rotatable bonds is 8. The van der Waals surface area contributed by atoms with Gasteiger partial charge in [0.2, 0.25) is 0 Å². The molecule has 1 aromatic heterocycles. The molecular formula is C21H24N4OS2. The number of nitrogen functional groups attached to an aromatic ring is 1. The average molecular weight is 413 g/mol. The van der Waals surface area contributed by atoms with Gasteiger partial charge in [-0.1, -0.05) is 24.3 Å². The van der Waals surface area contributed by atoms with Crippen molar-refractivity contribution < 1.29 is 4.79 Å². The van der Waals surface area contributed by atoms with Crippen LogP contribution in [0.5, 0.6) is 0 Å². The molecule has 5 N–H and O–H groups in total. The van der Waals surface area contributed by atoms with Gasteiger partial charge in [0.15, 0.2) is 0 Å². The van der Waals surface area contributed by atoms with Gasteiger partial charge >= 0.3 is 0 Å². The Morgan fingerprint density at radius 2 is 1.79 bits per heavy atom.